The lowest BCUT2D eigenvalue weighted by Gasteiger charge is -2.04. The van der Waals surface area contributed by atoms with Gasteiger partial charge in [-0.15, -0.1) is 11.3 Å². The Morgan fingerprint density at radius 1 is 1.54 bits per heavy atom. The van der Waals surface area contributed by atoms with E-state index in [2.05, 4.69) is 10.3 Å². The zero-order chi connectivity index (χ0) is 9.84. The highest BCUT2D eigenvalue weighted by atomic mass is 32.1. The van der Waals surface area contributed by atoms with Gasteiger partial charge in [0.25, 0.3) is 0 Å². The Bertz CT molecular complexity index is 236. The molecular formula is C8H14N2O2S. The highest BCUT2D eigenvalue weighted by Gasteiger charge is 2.06. The minimum Gasteiger partial charge on any atom is -0.368 e. The number of thiazole rings is 1. The van der Waals surface area contributed by atoms with Gasteiger partial charge in [0.05, 0.1) is 5.69 Å². The van der Waals surface area contributed by atoms with Gasteiger partial charge in [-0.3, -0.25) is 0 Å². The molecule has 0 spiro atoms. The number of nitrogens with one attached hydrogen (secondary N) is 1. The Morgan fingerprint density at radius 2 is 2.23 bits per heavy atom. The van der Waals surface area contributed by atoms with E-state index in [0.717, 1.165) is 5.13 Å². The fourth-order valence-corrected chi connectivity index (χ4v) is 1.77. The van der Waals surface area contributed by atoms with Crippen molar-refractivity contribution in [2.75, 3.05) is 5.32 Å². The number of aliphatic hydroxyl groups is 2. The standard InChI is InChI=1S/C8H14N2O2S/c1-5(2)9-8-10-6(4-13-8)3-7(11)12/h4-5,7,11-12H,3H2,1-2H3,(H,9,10). The molecule has 1 heterocycles. The SMILES string of the molecule is CC(C)Nc1nc(CC(O)O)cs1. The van der Waals surface area contributed by atoms with E-state index in [1.807, 2.05) is 19.2 Å². The van der Waals surface area contributed by atoms with Gasteiger partial charge in [0.1, 0.15) is 0 Å². The van der Waals surface area contributed by atoms with Crippen LogP contribution in [0.2, 0.25) is 0 Å². The van der Waals surface area contributed by atoms with Crippen molar-refractivity contribution in [3.05, 3.63) is 11.1 Å². The Morgan fingerprint density at radius 3 is 2.77 bits per heavy atom. The Labute approximate surface area is 81.3 Å². The second kappa shape index (κ2) is 4.55. The van der Waals surface area contributed by atoms with Gasteiger partial charge < -0.3 is 15.5 Å². The predicted molar refractivity (Wildman–Crippen MR) is 52.8 cm³/mol. The van der Waals surface area contributed by atoms with Crippen molar-refractivity contribution >= 4 is 16.5 Å². The van der Waals surface area contributed by atoms with Crippen molar-refractivity contribution in [1.29, 1.82) is 0 Å². The zero-order valence-corrected chi connectivity index (χ0v) is 8.51. The Kier molecular flexibility index (Phi) is 3.65. The van der Waals surface area contributed by atoms with Crippen LogP contribution in [0.4, 0.5) is 5.13 Å². The third kappa shape index (κ3) is 3.71. The first kappa shape index (κ1) is 10.4. The van der Waals surface area contributed by atoms with E-state index < -0.39 is 6.29 Å². The molecule has 0 atom stereocenters. The molecule has 0 amide bonds. The van der Waals surface area contributed by atoms with E-state index in [9.17, 15) is 0 Å². The van der Waals surface area contributed by atoms with Crippen molar-refractivity contribution in [2.24, 2.45) is 0 Å². The molecule has 0 bridgehead atoms. The predicted octanol–water partition coefficient (Wildman–Crippen LogP) is 0.817. The van der Waals surface area contributed by atoms with E-state index in [1.165, 1.54) is 11.3 Å². The largest absolute Gasteiger partial charge is 0.368 e. The van der Waals surface area contributed by atoms with Crippen LogP contribution in [0.5, 0.6) is 0 Å². The first-order chi connectivity index (χ1) is 6.08. The number of hydrogen-bond donors (Lipinski definition) is 3. The van der Waals surface area contributed by atoms with Gasteiger partial charge in [-0.25, -0.2) is 4.98 Å². The summed E-state index contributed by atoms with van der Waals surface area (Å²) in [6, 6.07) is 0.345. The molecule has 1 rings (SSSR count). The molecule has 1 aromatic rings. The molecule has 0 aromatic carbocycles. The highest BCUT2D eigenvalue weighted by Crippen LogP contribution is 2.16. The van der Waals surface area contributed by atoms with E-state index in [1.54, 1.807) is 0 Å². The molecule has 0 fully saturated rings. The van der Waals surface area contributed by atoms with E-state index in [4.69, 9.17) is 10.2 Å². The van der Waals surface area contributed by atoms with Crippen LogP contribution in [0.3, 0.4) is 0 Å². The van der Waals surface area contributed by atoms with Crippen LogP contribution < -0.4 is 5.32 Å². The average Bonchev–Trinajstić information content (AvgIpc) is 2.33. The quantitative estimate of drug-likeness (QED) is 0.632. The van der Waals surface area contributed by atoms with Crippen LogP contribution in [0.1, 0.15) is 19.5 Å². The maximum Gasteiger partial charge on any atom is 0.183 e. The number of anilines is 1. The Hall–Kier alpha value is -0.650. The van der Waals surface area contributed by atoms with Crippen molar-refractivity contribution in [1.82, 2.24) is 4.98 Å². The number of hydrogen-bond acceptors (Lipinski definition) is 5. The smallest absolute Gasteiger partial charge is 0.183 e. The van der Waals surface area contributed by atoms with Crippen LogP contribution in [-0.2, 0) is 6.42 Å². The second-order valence-electron chi connectivity index (χ2n) is 3.13. The minimum atomic E-state index is -1.31. The topological polar surface area (TPSA) is 65.4 Å². The third-order valence-corrected chi connectivity index (χ3v) is 2.18. The number of rotatable bonds is 4. The van der Waals surface area contributed by atoms with Gasteiger partial charge in [0, 0.05) is 17.8 Å². The normalized spacial score (nSPS) is 11.2. The number of nitrogens with zero attached hydrogens (tertiary/aromatic N) is 1. The maximum absolute atomic E-state index is 8.70. The van der Waals surface area contributed by atoms with Crippen LogP contribution in [-0.4, -0.2) is 27.5 Å². The van der Waals surface area contributed by atoms with Gasteiger partial charge in [-0.2, -0.15) is 0 Å². The lowest BCUT2D eigenvalue weighted by atomic mass is 10.3. The van der Waals surface area contributed by atoms with Crippen LogP contribution in [0, 0.1) is 0 Å². The summed E-state index contributed by atoms with van der Waals surface area (Å²) in [5, 5.41) is 23.2. The lowest BCUT2D eigenvalue weighted by Crippen LogP contribution is -2.11. The molecule has 1 aromatic heterocycles. The molecule has 0 saturated heterocycles. The molecular weight excluding hydrogens is 188 g/mol. The molecule has 4 nitrogen and oxygen atoms in total. The van der Waals surface area contributed by atoms with Gasteiger partial charge in [-0.1, -0.05) is 0 Å². The first-order valence-corrected chi connectivity index (χ1v) is 5.03. The first-order valence-electron chi connectivity index (χ1n) is 4.15. The summed E-state index contributed by atoms with van der Waals surface area (Å²) in [7, 11) is 0. The van der Waals surface area contributed by atoms with Crippen molar-refractivity contribution in [2.45, 2.75) is 32.6 Å². The van der Waals surface area contributed by atoms with Crippen molar-refractivity contribution < 1.29 is 10.2 Å². The van der Waals surface area contributed by atoms with Gasteiger partial charge in [0.15, 0.2) is 11.4 Å². The Balaban J connectivity index is 2.53. The molecule has 74 valence electrons. The molecule has 0 aliphatic heterocycles. The van der Waals surface area contributed by atoms with E-state index >= 15 is 0 Å². The molecule has 5 heteroatoms. The fourth-order valence-electron chi connectivity index (χ4n) is 0.901. The summed E-state index contributed by atoms with van der Waals surface area (Å²) in [4.78, 5) is 4.18. The summed E-state index contributed by atoms with van der Waals surface area (Å²) < 4.78 is 0. The molecule has 0 unspecified atom stereocenters. The summed E-state index contributed by atoms with van der Waals surface area (Å²) in [6.45, 7) is 4.06. The summed E-state index contributed by atoms with van der Waals surface area (Å²) in [5.74, 6) is 0. The number of aromatic nitrogens is 1. The van der Waals surface area contributed by atoms with E-state index in [0.29, 0.717) is 11.7 Å². The van der Waals surface area contributed by atoms with Gasteiger partial charge >= 0.3 is 0 Å². The molecule has 0 aliphatic carbocycles. The molecule has 0 aliphatic rings. The highest BCUT2D eigenvalue weighted by molar-refractivity contribution is 7.13. The summed E-state index contributed by atoms with van der Waals surface area (Å²) in [6.07, 6.45) is -1.12. The molecule has 3 N–H and O–H groups in total. The van der Waals surface area contributed by atoms with Crippen LogP contribution in [0.25, 0.3) is 0 Å². The molecule has 0 saturated carbocycles. The fraction of sp³-hybridized carbons (Fsp3) is 0.625. The van der Waals surface area contributed by atoms with Crippen molar-refractivity contribution in [3.63, 3.8) is 0 Å². The zero-order valence-electron chi connectivity index (χ0n) is 7.69. The van der Waals surface area contributed by atoms with Crippen molar-refractivity contribution in [3.8, 4) is 0 Å². The average molecular weight is 202 g/mol. The maximum atomic E-state index is 8.70. The lowest BCUT2D eigenvalue weighted by molar-refractivity contribution is -0.0386. The molecule has 13 heavy (non-hydrogen) atoms. The third-order valence-electron chi connectivity index (χ3n) is 1.36. The van der Waals surface area contributed by atoms with Gasteiger partial charge in [-0.05, 0) is 13.8 Å². The monoisotopic (exact) mass is 202 g/mol. The minimum absolute atomic E-state index is 0.191. The number of aliphatic hydroxyl groups excluding tert-OH is 1. The summed E-state index contributed by atoms with van der Waals surface area (Å²) in [5.41, 5.74) is 0.711. The summed E-state index contributed by atoms with van der Waals surface area (Å²) >= 11 is 1.48. The van der Waals surface area contributed by atoms with Gasteiger partial charge in [0.2, 0.25) is 0 Å². The van der Waals surface area contributed by atoms with Crippen LogP contribution >= 0.6 is 11.3 Å². The second-order valence-corrected chi connectivity index (χ2v) is 3.99. The molecule has 0 radical (unpaired) electrons. The van der Waals surface area contributed by atoms with Crippen LogP contribution in [0.15, 0.2) is 5.38 Å². The van der Waals surface area contributed by atoms with E-state index in [-0.39, 0.29) is 6.42 Å².